The van der Waals surface area contributed by atoms with E-state index in [1.54, 1.807) is 18.5 Å². The van der Waals surface area contributed by atoms with Crippen LogP contribution >= 0.6 is 0 Å². The van der Waals surface area contributed by atoms with E-state index in [-0.39, 0.29) is 5.43 Å². The average molecular weight is 332 g/mol. The van der Waals surface area contributed by atoms with E-state index in [4.69, 9.17) is 0 Å². The molecule has 2 heterocycles. The standard InChI is InChI=1S/C18H16N6O/c1-24(11-12-5-3-2-4-6-12)18-21-17-15(22-23-18)7-13(8-16(17)25)14-9-19-20-10-14/h2-10,22H,11H2,1H3,(H,19,20). The molecule has 25 heavy (non-hydrogen) atoms. The molecule has 7 nitrogen and oxygen atoms in total. The highest BCUT2D eigenvalue weighted by molar-refractivity contribution is 5.70. The minimum atomic E-state index is -0.151. The molecule has 124 valence electrons. The summed E-state index contributed by atoms with van der Waals surface area (Å²) in [7, 11) is 1.90. The molecule has 2 N–H and O–H groups in total. The normalized spacial score (nSPS) is 10.9. The Bertz CT molecular complexity index is 1010. The summed E-state index contributed by atoms with van der Waals surface area (Å²) in [6.45, 7) is 0.654. The monoisotopic (exact) mass is 332 g/mol. The van der Waals surface area contributed by atoms with Crippen molar-refractivity contribution in [3.05, 3.63) is 70.6 Å². The molecule has 1 aliphatic carbocycles. The Morgan fingerprint density at radius 1 is 1.12 bits per heavy atom. The smallest absolute Gasteiger partial charge is 0.243 e. The molecule has 4 rings (SSSR count). The molecule has 1 aliphatic heterocycles. The Morgan fingerprint density at radius 2 is 1.96 bits per heavy atom. The van der Waals surface area contributed by atoms with Gasteiger partial charge in [0.25, 0.3) is 0 Å². The van der Waals surface area contributed by atoms with E-state index in [9.17, 15) is 4.79 Å². The topological polar surface area (TPSA) is 90.6 Å². The van der Waals surface area contributed by atoms with Crippen LogP contribution in [0.2, 0.25) is 0 Å². The third kappa shape index (κ3) is 2.99. The summed E-state index contributed by atoms with van der Waals surface area (Å²) in [6, 6.07) is 13.4. The number of benzene rings is 2. The molecule has 0 amide bonds. The number of nitrogens with one attached hydrogen (secondary N) is 2. The van der Waals surface area contributed by atoms with Gasteiger partial charge in [0, 0.05) is 25.4 Å². The van der Waals surface area contributed by atoms with E-state index >= 15 is 0 Å². The second-order valence-electron chi connectivity index (χ2n) is 5.83. The Kier molecular flexibility index (Phi) is 3.74. The molecular formula is C18H16N6O. The van der Waals surface area contributed by atoms with Gasteiger partial charge in [0.05, 0.1) is 11.9 Å². The number of aromatic nitrogens is 5. The number of rotatable bonds is 4. The van der Waals surface area contributed by atoms with E-state index in [0.29, 0.717) is 23.9 Å². The van der Waals surface area contributed by atoms with Gasteiger partial charge in [-0.15, -0.1) is 5.10 Å². The lowest BCUT2D eigenvalue weighted by atomic mass is 10.1. The Balaban J connectivity index is 1.69. The fourth-order valence-electron chi connectivity index (χ4n) is 2.72. The van der Waals surface area contributed by atoms with Crippen LogP contribution in [-0.2, 0) is 6.54 Å². The summed E-state index contributed by atoms with van der Waals surface area (Å²) in [5, 5.41) is 13.9. The van der Waals surface area contributed by atoms with Crippen molar-refractivity contribution in [3.8, 4) is 22.5 Å². The molecule has 0 saturated carbocycles. The van der Waals surface area contributed by atoms with Gasteiger partial charge in [-0.2, -0.15) is 5.10 Å². The summed E-state index contributed by atoms with van der Waals surface area (Å²) in [5.41, 5.74) is 3.58. The molecule has 0 saturated heterocycles. The van der Waals surface area contributed by atoms with Gasteiger partial charge in [0.2, 0.25) is 11.4 Å². The maximum atomic E-state index is 12.5. The fraction of sp³-hybridized carbons (Fsp3) is 0.111. The Labute approximate surface area is 143 Å². The van der Waals surface area contributed by atoms with Crippen molar-refractivity contribution in [2.24, 2.45) is 0 Å². The highest BCUT2D eigenvalue weighted by atomic mass is 16.1. The van der Waals surface area contributed by atoms with Gasteiger partial charge in [0.15, 0.2) is 0 Å². The fourth-order valence-corrected chi connectivity index (χ4v) is 2.72. The van der Waals surface area contributed by atoms with Crippen molar-refractivity contribution < 1.29 is 0 Å². The van der Waals surface area contributed by atoms with Crippen molar-refractivity contribution in [1.29, 1.82) is 0 Å². The number of hydrogen-bond acceptors (Lipinski definition) is 5. The molecule has 0 bridgehead atoms. The summed E-state index contributed by atoms with van der Waals surface area (Å²) in [4.78, 5) is 18.8. The lowest BCUT2D eigenvalue weighted by Crippen LogP contribution is -2.22. The zero-order valence-corrected chi connectivity index (χ0v) is 13.6. The van der Waals surface area contributed by atoms with Crippen LogP contribution in [0.5, 0.6) is 0 Å². The molecule has 2 aliphatic rings. The minimum Gasteiger partial charge on any atom is -0.338 e. The second-order valence-corrected chi connectivity index (χ2v) is 5.83. The van der Waals surface area contributed by atoms with Crippen molar-refractivity contribution in [3.63, 3.8) is 0 Å². The highest BCUT2D eigenvalue weighted by Gasteiger charge is 2.15. The van der Waals surface area contributed by atoms with Gasteiger partial charge in [-0.3, -0.25) is 15.0 Å². The number of fused-ring (bicyclic) bond motifs is 1. The predicted octanol–water partition coefficient (Wildman–Crippen LogP) is 2.30. The molecule has 0 fully saturated rings. The van der Waals surface area contributed by atoms with Gasteiger partial charge in [0.1, 0.15) is 5.69 Å². The van der Waals surface area contributed by atoms with Crippen LogP contribution < -0.4 is 10.3 Å². The summed E-state index contributed by atoms with van der Waals surface area (Å²) in [5.74, 6) is 0.476. The van der Waals surface area contributed by atoms with Gasteiger partial charge in [-0.25, -0.2) is 4.98 Å². The van der Waals surface area contributed by atoms with Crippen molar-refractivity contribution in [1.82, 2.24) is 25.4 Å². The number of nitrogens with zero attached hydrogens (tertiary/aromatic N) is 4. The van der Waals surface area contributed by atoms with Crippen molar-refractivity contribution in [2.75, 3.05) is 11.9 Å². The second kappa shape index (κ2) is 6.20. The van der Waals surface area contributed by atoms with Gasteiger partial charge in [-0.1, -0.05) is 30.3 Å². The molecular weight excluding hydrogens is 316 g/mol. The van der Waals surface area contributed by atoms with E-state index in [1.165, 1.54) is 0 Å². The molecule has 1 aromatic carbocycles. The SMILES string of the molecule is CN(Cc1ccccc1)c1n[nH]c2cc(-c3cn[nH]c3)cc(=O)c-2n1. The van der Waals surface area contributed by atoms with Gasteiger partial charge >= 0.3 is 0 Å². The number of aromatic amines is 2. The third-order valence-electron chi connectivity index (χ3n) is 4.00. The molecule has 1 aromatic heterocycles. The van der Waals surface area contributed by atoms with Gasteiger partial charge < -0.3 is 4.90 Å². The van der Waals surface area contributed by atoms with E-state index in [0.717, 1.165) is 16.7 Å². The van der Waals surface area contributed by atoms with Crippen LogP contribution in [0.3, 0.4) is 0 Å². The van der Waals surface area contributed by atoms with Crippen molar-refractivity contribution in [2.45, 2.75) is 6.54 Å². The van der Waals surface area contributed by atoms with Crippen LogP contribution in [0.25, 0.3) is 22.5 Å². The predicted molar refractivity (Wildman–Crippen MR) is 95.4 cm³/mol. The molecule has 2 aromatic rings. The van der Waals surface area contributed by atoms with Crippen LogP contribution in [0, 0.1) is 0 Å². The average Bonchev–Trinajstić information content (AvgIpc) is 3.17. The number of anilines is 1. The highest BCUT2D eigenvalue weighted by Crippen LogP contribution is 2.23. The first kappa shape index (κ1) is 15.1. The first-order valence-corrected chi connectivity index (χ1v) is 7.85. The lowest BCUT2D eigenvalue weighted by molar-refractivity contribution is 0.830. The first-order valence-electron chi connectivity index (χ1n) is 7.85. The molecule has 0 spiro atoms. The Morgan fingerprint density at radius 3 is 2.72 bits per heavy atom. The maximum absolute atomic E-state index is 12.5. The van der Waals surface area contributed by atoms with Crippen LogP contribution in [0.4, 0.5) is 5.95 Å². The lowest BCUT2D eigenvalue weighted by Gasteiger charge is -2.18. The minimum absolute atomic E-state index is 0.151. The Hall–Kier alpha value is -3.48. The number of hydrogen-bond donors (Lipinski definition) is 2. The molecule has 7 heteroatoms. The van der Waals surface area contributed by atoms with Crippen LogP contribution in [0.15, 0.2) is 59.7 Å². The van der Waals surface area contributed by atoms with Crippen LogP contribution in [0.1, 0.15) is 5.56 Å². The molecule has 0 radical (unpaired) electrons. The van der Waals surface area contributed by atoms with Crippen LogP contribution in [-0.4, -0.2) is 32.4 Å². The molecule has 0 unspecified atom stereocenters. The third-order valence-corrected chi connectivity index (χ3v) is 4.00. The maximum Gasteiger partial charge on any atom is 0.243 e. The van der Waals surface area contributed by atoms with Gasteiger partial charge in [-0.05, 0) is 23.3 Å². The van der Waals surface area contributed by atoms with E-state index in [2.05, 4.69) is 25.4 Å². The number of H-pyrrole nitrogens is 2. The van der Waals surface area contributed by atoms with E-state index in [1.807, 2.05) is 48.3 Å². The zero-order chi connectivity index (χ0) is 17.2. The summed E-state index contributed by atoms with van der Waals surface area (Å²) in [6.07, 6.45) is 3.41. The summed E-state index contributed by atoms with van der Waals surface area (Å²) < 4.78 is 0. The summed E-state index contributed by atoms with van der Waals surface area (Å²) >= 11 is 0. The first-order chi connectivity index (χ1) is 12.2. The quantitative estimate of drug-likeness (QED) is 0.598. The van der Waals surface area contributed by atoms with E-state index < -0.39 is 0 Å². The zero-order valence-electron chi connectivity index (χ0n) is 13.6. The molecule has 0 atom stereocenters. The van der Waals surface area contributed by atoms with Crippen molar-refractivity contribution >= 4 is 5.95 Å². The largest absolute Gasteiger partial charge is 0.338 e.